The fourth-order valence-corrected chi connectivity index (χ4v) is 1.64. The number of pyridine rings is 1. The van der Waals surface area contributed by atoms with E-state index in [1.54, 1.807) is 12.4 Å². The van der Waals surface area contributed by atoms with E-state index in [-0.39, 0.29) is 6.04 Å². The molecule has 2 heterocycles. The van der Waals surface area contributed by atoms with Gasteiger partial charge < -0.3 is 5.32 Å². The van der Waals surface area contributed by atoms with Gasteiger partial charge in [-0.05, 0) is 34.5 Å². The molecule has 1 N–H and O–H groups in total. The van der Waals surface area contributed by atoms with E-state index >= 15 is 0 Å². The first-order valence-corrected chi connectivity index (χ1v) is 6.08. The molecule has 2 aromatic heterocycles. The van der Waals surface area contributed by atoms with E-state index in [1.165, 1.54) is 6.20 Å². The number of nitrogens with one attached hydrogen (secondary N) is 1. The number of anilines is 1. The van der Waals surface area contributed by atoms with Crippen molar-refractivity contribution in [2.75, 3.05) is 5.32 Å². The lowest BCUT2D eigenvalue weighted by Gasteiger charge is -2.14. The van der Waals surface area contributed by atoms with Crippen LogP contribution in [0.3, 0.4) is 0 Å². The summed E-state index contributed by atoms with van der Waals surface area (Å²) in [6, 6.07) is 5.86. The third-order valence-corrected chi connectivity index (χ3v) is 2.85. The number of nitrogens with zero attached hydrogens (tertiary/aromatic N) is 4. The third kappa shape index (κ3) is 3.02. The second kappa shape index (κ2) is 5.56. The van der Waals surface area contributed by atoms with E-state index in [2.05, 4.69) is 36.2 Å². The van der Waals surface area contributed by atoms with Crippen molar-refractivity contribution in [2.45, 2.75) is 13.0 Å². The van der Waals surface area contributed by atoms with Gasteiger partial charge in [0.25, 0.3) is 0 Å². The summed E-state index contributed by atoms with van der Waals surface area (Å²) in [5.41, 5.74) is 1.35. The zero-order valence-corrected chi connectivity index (χ0v) is 11.2. The lowest BCUT2D eigenvalue weighted by atomic mass is 10.1. The van der Waals surface area contributed by atoms with E-state index < -0.39 is 0 Å². The van der Waals surface area contributed by atoms with Gasteiger partial charge in [-0.25, -0.2) is 15.0 Å². The lowest BCUT2D eigenvalue weighted by molar-refractivity contribution is 0.861. The molecule has 0 spiro atoms. The van der Waals surface area contributed by atoms with Crippen molar-refractivity contribution in [2.24, 2.45) is 0 Å². The minimum absolute atomic E-state index is 0.0628. The van der Waals surface area contributed by atoms with Gasteiger partial charge in [-0.1, -0.05) is 6.07 Å². The lowest BCUT2D eigenvalue weighted by Crippen LogP contribution is -2.08. The normalized spacial score (nSPS) is 11.6. The zero-order chi connectivity index (χ0) is 13.0. The SMILES string of the molecule is C[C@@H](Nc1cnc(C#N)cn1)c1ccc(Br)nc1. The highest BCUT2D eigenvalue weighted by Gasteiger charge is 2.06. The Morgan fingerprint density at radius 2 is 2.06 bits per heavy atom. The van der Waals surface area contributed by atoms with Gasteiger partial charge in [0.15, 0.2) is 5.69 Å². The molecule has 1 atom stereocenters. The average molecular weight is 304 g/mol. The van der Waals surface area contributed by atoms with Crippen molar-refractivity contribution in [1.29, 1.82) is 5.26 Å². The largest absolute Gasteiger partial charge is 0.362 e. The van der Waals surface area contributed by atoms with Crippen LogP contribution in [-0.4, -0.2) is 15.0 Å². The van der Waals surface area contributed by atoms with Gasteiger partial charge in [0.05, 0.1) is 18.4 Å². The Bertz CT molecular complexity index is 559. The molecule has 0 radical (unpaired) electrons. The Kier molecular flexibility index (Phi) is 3.85. The minimum atomic E-state index is 0.0628. The summed E-state index contributed by atoms with van der Waals surface area (Å²) in [6.07, 6.45) is 4.77. The van der Waals surface area contributed by atoms with Gasteiger partial charge in [0.2, 0.25) is 0 Å². The van der Waals surface area contributed by atoms with E-state index in [0.717, 1.165) is 10.2 Å². The Labute approximate surface area is 113 Å². The number of hydrogen-bond donors (Lipinski definition) is 1. The minimum Gasteiger partial charge on any atom is -0.362 e. The molecule has 0 aliphatic rings. The second-order valence-corrected chi connectivity index (χ2v) is 4.49. The molecule has 2 aromatic rings. The quantitative estimate of drug-likeness (QED) is 0.882. The first-order valence-electron chi connectivity index (χ1n) is 5.29. The van der Waals surface area contributed by atoms with E-state index in [0.29, 0.717) is 11.5 Å². The summed E-state index contributed by atoms with van der Waals surface area (Å²) in [5, 5.41) is 11.8. The molecule has 6 heteroatoms. The molecule has 0 bridgehead atoms. The van der Waals surface area contributed by atoms with Crippen molar-refractivity contribution in [3.63, 3.8) is 0 Å². The number of halogens is 1. The van der Waals surface area contributed by atoms with Gasteiger partial charge in [-0.15, -0.1) is 0 Å². The fraction of sp³-hybridized carbons (Fsp3) is 0.167. The van der Waals surface area contributed by atoms with Gasteiger partial charge in [0.1, 0.15) is 16.5 Å². The summed E-state index contributed by atoms with van der Waals surface area (Å²) < 4.78 is 0.802. The van der Waals surface area contributed by atoms with Crippen LogP contribution in [0.5, 0.6) is 0 Å². The van der Waals surface area contributed by atoms with Crippen molar-refractivity contribution in [1.82, 2.24) is 15.0 Å². The highest BCUT2D eigenvalue weighted by Crippen LogP contribution is 2.17. The maximum Gasteiger partial charge on any atom is 0.158 e. The monoisotopic (exact) mass is 303 g/mol. The molecule has 90 valence electrons. The Hall–Kier alpha value is -2.00. The van der Waals surface area contributed by atoms with Gasteiger partial charge in [-0.3, -0.25) is 0 Å². The molecular formula is C12H10BrN5. The van der Waals surface area contributed by atoms with Crippen molar-refractivity contribution >= 4 is 21.7 Å². The van der Waals surface area contributed by atoms with Crippen molar-refractivity contribution < 1.29 is 0 Å². The molecule has 0 aromatic carbocycles. The Morgan fingerprint density at radius 1 is 1.22 bits per heavy atom. The summed E-state index contributed by atoms with van der Waals surface area (Å²) in [7, 11) is 0. The van der Waals surface area contributed by atoms with Crippen LogP contribution in [0.15, 0.2) is 35.3 Å². The van der Waals surface area contributed by atoms with E-state index in [1.807, 2.05) is 25.1 Å². The van der Waals surface area contributed by atoms with Crippen LogP contribution < -0.4 is 5.32 Å². The van der Waals surface area contributed by atoms with Gasteiger partial charge >= 0.3 is 0 Å². The summed E-state index contributed by atoms with van der Waals surface area (Å²) in [4.78, 5) is 12.2. The molecule has 0 amide bonds. The first kappa shape index (κ1) is 12.5. The molecular weight excluding hydrogens is 294 g/mol. The van der Waals surface area contributed by atoms with Crippen LogP contribution in [0.2, 0.25) is 0 Å². The van der Waals surface area contributed by atoms with E-state index in [9.17, 15) is 0 Å². The predicted octanol–water partition coefficient (Wildman–Crippen LogP) is 2.68. The Balaban J connectivity index is 2.08. The van der Waals surface area contributed by atoms with Gasteiger partial charge in [0, 0.05) is 6.20 Å². The number of aromatic nitrogens is 3. The summed E-state index contributed by atoms with van der Waals surface area (Å²) >= 11 is 3.29. The number of rotatable bonds is 3. The van der Waals surface area contributed by atoms with Crippen LogP contribution in [-0.2, 0) is 0 Å². The topological polar surface area (TPSA) is 74.5 Å². The van der Waals surface area contributed by atoms with Crippen LogP contribution in [0.25, 0.3) is 0 Å². The summed E-state index contributed by atoms with van der Waals surface area (Å²) in [6.45, 7) is 2.00. The fourth-order valence-electron chi connectivity index (χ4n) is 1.41. The zero-order valence-electron chi connectivity index (χ0n) is 9.63. The summed E-state index contributed by atoms with van der Waals surface area (Å²) in [5.74, 6) is 0.629. The highest BCUT2D eigenvalue weighted by atomic mass is 79.9. The standard InChI is InChI=1S/C12H10BrN5/c1-8(9-2-3-11(13)16-5-9)18-12-7-15-10(4-14)6-17-12/h2-3,5-8H,1H3,(H,17,18)/t8-/m1/s1. The maximum absolute atomic E-state index is 8.63. The molecule has 0 aliphatic heterocycles. The molecule has 0 saturated heterocycles. The second-order valence-electron chi connectivity index (χ2n) is 3.68. The highest BCUT2D eigenvalue weighted by molar-refractivity contribution is 9.10. The van der Waals surface area contributed by atoms with Crippen LogP contribution in [0.4, 0.5) is 5.82 Å². The van der Waals surface area contributed by atoms with E-state index in [4.69, 9.17) is 5.26 Å². The van der Waals surface area contributed by atoms with Crippen LogP contribution >= 0.6 is 15.9 Å². The van der Waals surface area contributed by atoms with Crippen LogP contribution in [0, 0.1) is 11.3 Å². The molecule has 18 heavy (non-hydrogen) atoms. The molecule has 0 unspecified atom stereocenters. The number of nitriles is 1. The van der Waals surface area contributed by atoms with Gasteiger partial charge in [-0.2, -0.15) is 5.26 Å². The smallest absolute Gasteiger partial charge is 0.158 e. The third-order valence-electron chi connectivity index (χ3n) is 2.38. The molecule has 0 saturated carbocycles. The number of hydrogen-bond acceptors (Lipinski definition) is 5. The predicted molar refractivity (Wildman–Crippen MR) is 70.7 cm³/mol. The molecule has 0 aliphatic carbocycles. The molecule has 5 nitrogen and oxygen atoms in total. The van der Waals surface area contributed by atoms with Crippen molar-refractivity contribution in [3.8, 4) is 6.07 Å². The molecule has 0 fully saturated rings. The molecule has 2 rings (SSSR count). The first-order chi connectivity index (χ1) is 8.69. The van der Waals surface area contributed by atoms with Crippen molar-refractivity contribution in [3.05, 3.63) is 46.6 Å². The maximum atomic E-state index is 8.63. The average Bonchev–Trinajstić information content (AvgIpc) is 2.40. The Morgan fingerprint density at radius 3 is 2.61 bits per heavy atom. The van der Waals surface area contributed by atoms with Crippen LogP contribution in [0.1, 0.15) is 24.2 Å².